The van der Waals surface area contributed by atoms with Crippen LogP contribution >= 0.6 is 0 Å². The molecule has 0 radical (unpaired) electrons. The fourth-order valence-corrected chi connectivity index (χ4v) is 2.36. The Morgan fingerprint density at radius 3 is 2.33 bits per heavy atom. The van der Waals surface area contributed by atoms with E-state index in [-0.39, 0.29) is 0 Å². The zero-order valence-corrected chi connectivity index (χ0v) is 10.8. The van der Waals surface area contributed by atoms with Crippen LogP contribution < -0.4 is 10.6 Å². The summed E-state index contributed by atoms with van der Waals surface area (Å²) in [5, 5.41) is 9.03. The highest BCUT2D eigenvalue weighted by Crippen LogP contribution is 2.28. The molecule has 18 heavy (non-hydrogen) atoms. The van der Waals surface area contributed by atoms with Crippen LogP contribution in [-0.2, 0) is 12.8 Å². The molecule has 5 nitrogen and oxygen atoms in total. The summed E-state index contributed by atoms with van der Waals surface area (Å²) >= 11 is 0. The minimum absolute atomic E-state index is 0.545. The van der Waals surface area contributed by atoms with Crippen molar-refractivity contribution in [1.82, 2.24) is 4.90 Å². The van der Waals surface area contributed by atoms with Gasteiger partial charge in [-0.15, -0.1) is 0 Å². The summed E-state index contributed by atoms with van der Waals surface area (Å²) in [6.45, 7) is 1.10. The molecule has 1 amide bonds. The molecule has 1 aliphatic rings. The van der Waals surface area contributed by atoms with Gasteiger partial charge in [0.2, 0.25) is 0 Å². The molecule has 0 aliphatic carbocycles. The number of anilines is 2. The second-order valence-electron chi connectivity index (χ2n) is 4.84. The van der Waals surface area contributed by atoms with E-state index in [1.165, 1.54) is 16.0 Å². The summed E-state index contributed by atoms with van der Waals surface area (Å²) in [6, 6.07) is 4.06. The summed E-state index contributed by atoms with van der Waals surface area (Å²) in [5.74, 6) is 0. The van der Waals surface area contributed by atoms with Gasteiger partial charge in [-0.1, -0.05) is 0 Å². The largest absolute Gasteiger partial charge is 0.465 e. The van der Waals surface area contributed by atoms with E-state index in [0.29, 0.717) is 13.1 Å². The van der Waals surface area contributed by atoms with Crippen molar-refractivity contribution in [2.45, 2.75) is 12.8 Å². The third-order valence-electron chi connectivity index (χ3n) is 3.40. The fourth-order valence-electron chi connectivity index (χ4n) is 2.36. The van der Waals surface area contributed by atoms with Gasteiger partial charge in [-0.25, -0.2) is 4.79 Å². The predicted molar refractivity (Wildman–Crippen MR) is 72.2 cm³/mol. The molecule has 1 aromatic rings. The Morgan fingerprint density at radius 1 is 1.28 bits per heavy atom. The van der Waals surface area contributed by atoms with Gasteiger partial charge in [0.25, 0.3) is 0 Å². The molecule has 0 saturated heterocycles. The van der Waals surface area contributed by atoms with Crippen molar-refractivity contribution in [3.05, 3.63) is 23.3 Å². The van der Waals surface area contributed by atoms with Crippen LogP contribution in [0.15, 0.2) is 12.1 Å². The molecule has 2 rings (SSSR count). The zero-order valence-electron chi connectivity index (χ0n) is 10.8. The van der Waals surface area contributed by atoms with E-state index < -0.39 is 6.09 Å². The van der Waals surface area contributed by atoms with E-state index in [0.717, 1.165) is 24.2 Å². The lowest BCUT2D eigenvalue weighted by atomic mass is 10.0. The molecule has 98 valence electrons. The number of rotatable bonds is 1. The fraction of sp³-hybridized carbons (Fsp3) is 0.462. The van der Waals surface area contributed by atoms with Crippen LogP contribution in [-0.4, -0.2) is 43.3 Å². The monoisotopic (exact) mass is 249 g/mol. The number of nitrogen functional groups attached to an aromatic ring is 1. The quantitative estimate of drug-likeness (QED) is 0.738. The van der Waals surface area contributed by atoms with Crippen LogP contribution in [0.4, 0.5) is 16.2 Å². The lowest BCUT2D eigenvalue weighted by Crippen LogP contribution is -2.31. The van der Waals surface area contributed by atoms with Crippen molar-refractivity contribution in [2.75, 3.05) is 37.8 Å². The van der Waals surface area contributed by atoms with Crippen LogP contribution in [0.1, 0.15) is 11.1 Å². The van der Waals surface area contributed by atoms with Crippen LogP contribution in [0.25, 0.3) is 0 Å². The first-order chi connectivity index (χ1) is 8.49. The van der Waals surface area contributed by atoms with Crippen LogP contribution in [0, 0.1) is 0 Å². The van der Waals surface area contributed by atoms with Crippen LogP contribution in [0.2, 0.25) is 0 Å². The normalized spacial score (nSPS) is 14.9. The van der Waals surface area contributed by atoms with Crippen molar-refractivity contribution in [3.8, 4) is 0 Å². The lowest BCUT2D eigenvalue weighted by molar-refractivity contribution is 0.147. The molecule has 1 aliphatic heterocycles. The van der Waals surface area contributed by atoms with E-state index in [1.807, 2.05) is 25.1 Å². The third kappa shape index (κ3) is 2.34. The maximum Gasteiger partial charge on any atom is 0.407 e. The highest BCUT2D eigenvalue weighted by atomic mass is 16.4. The van der Waals surface area contributed by atoms with E-state index in [9.17, 15) is 4.79 Å². The SMILES string of the molecule is CN(C)c1cc2c(cc1N)CCN(C(=O)O)CC2. The van der Waals surface area contributed by atoms with Gasteiger partial charge >= 0.3 is 6.09 Å². The van der Waals surface area contributed by atoms with Crippen LogP contribution in [0.5, 0.6) is 0 Å². The van der Waals surface area contributed by atoms with Crippen molar-refractivity contribution in [3.63, 3.8) is 0 Å². The Hall–Kier alpha value is -1.91. The number of hydrogen-bond acceptors (Lipinski definition) is 3. The average Bonchev–Trinajstić information content (AvgIpc) is 2.49. The maximum atomic E-state index is 11.0. The Labute approximate surface area is 107 Å². The summed E-state index contributed by atoms with van der Waals surface area (Å²) in [4.78, 5) is 14.4. The summed E-state index contributed by atoms with van der Waals surface area (Å²) in [7, 11) is 3.91. The topological polar surface area (TPSA) is 69.8 Å². The second kappa shape index (κ2) is 4.76. The molecule has 0 spiro atoms. The molecule has 1 heterocycles. The van der Waals surface area contributed by atoms with Crippen molar-refractivity contribution in [1.29, 1.82) is 0 Å². The summed E-state index contributed by atoms with van der Waals surface area (Å²) in [5.41, 5.74) is 10.1. The summed E-state index contributed by atoms with van der Waals surface area (Å²) < 4.78 is 0. The van der Waals surface area contributed by atoms with Gasteiger partial charge in [0.1, 0.15) is 0 Å². The number of fused-ring (bicyclic) bond motifs is 1. The van der Waals surface area contributed by atoms with Gasteiger partial charge in [0, 0.05) is 27.2 Å². The second-order valence-corrected chi connectivity index (χ2v) is 4.84. The zero-order chi connectivity index (χ0) is 13.3. The molecular weight excluding hydrogens is 230 g/mol. The predicted octanol–water partition coefficient (Wildman–Crippen LogP) is 1.41. The molecule has 5 heteroatoms. The molecule has 0 bridgehead atoms. The van der Waals surface area contributed by atoms with Gasteiger partial charge in [-0.3, -0.25) is 0 Å². The molecule has 0 saturated carbocycles. The Kier molecular flexibility index (Phi) is 3.32. The molecule has 0 aromatic heterocycles. The number of hydrogen-bond donors (Lipinski definition) is 2. The van der Waals surface area contributed by atoms with Gasteiger partial charge in [0.15, 0.2) is 0 Å². The number of nitrogens with two attached hydrogens (primary N) is 1. The lowest BCUT2D eigenvalue weighted by Gasteiger charge is -2.18. The standard InChI is InChI=1S/C13H19N3O2/c1-15(2)12-8-10-4-6-16(13(17)18)5-3-9(10)7-11(12)14/h7-8H,3-6,14H2,1-2H3,(H,17,18). The molecule has 0 unspecified atom stereocenters. The number of nitrogens with zero attached hydrogens (tertiary/aromatic N) is 2. The maximum absolute atomic E-state index is 11.0. The van der Waals surface area contributed by atoms with Gasteiger partial charge in [-0.05, 0) is 36.1 Å². The van der Waals surface area contributed by atoms with Crippen molar-refractivity contribution in [2.24, 2.45) is 0 Å². The van der Waals surface area contributed by atoms with Gasteiger partial charge in [-0.2, -0.15) is 0 Å². The smallest absolute Gasteiger partial charge is 0.407 e. The Bertz CT molecular complexity index is 472. The molecular formula is C13H19N3O2. The summed E-state index contributed by atoms with van der Waals surface area (Å²) in [6.07, 6.45) is 0.645. The van der Waals surface area contributed by atoms with Crippen molar-refractivity contribution < 1.29 is 9.90 Å². The van der Waals surface area contributed by atoms with E-state index in [4.69, 9.17) is 10.8 Å². The number of carbonyl (C=O) groups is 1. The van der Waals surface area contributed by atoms with Gasteiger partial charge < -0.3 is 20.6 Å². The number of amides is 1. The van der Waals surface area contributed by atoms with E-state index in [2.05, 4.69) is 6.07 Å². The minimum Gasteiger partial charge on any atom is -0.465 e. The van der Waals surface area contributed by atoms with E-state index >= 15 is 0 Å². The molecule has 0 atom stereocenters. The molecule has 3 N–H and O–H groups in total. The molecule has 1 aromatic carbocycles. The number of carboxylic acid groups (broad SMARTS) is 1. The minimum atomic E-state index is -0.844. The Balaban J connectivity index is 2.31. The first kappa shape index (κ1) is 12.5. The average molecular weight is 249 g/mol. The van der Waals surface area contributed by atoms with Crippen LogP contribution in [0.3, 0.4) is 0 Å². The first-order valence-electron chi connectivity index (χ1n) is 6.05. The third-order valence-corrected chi connectivity index (χ3v) is 3.40. The Morgan fingerprint density at radius 2 is 1.83 bits per heavy atom. The van der Waals surface area contributed by atoms with E-state index in [1.54, 1.807) is 0 Å². The molecule has 0 fully saturated rings. The van der Waals surface area contributed by atoms with Gasteiger partial charge in [0.05, 0.1) is 11.4 Å². The number of benzene rings is 1. The van der Waals surface area contributed by atoms with Crippen molar-refractivity contribution >= 4 is 17.5 Å². The first-order valence-corrected chi connectivity index (χ1v) is 6.05. The highest BCUT2D eigenvalue weighted by molar-refractivity contribution is 5.70. The highest BCUT2D eigenvalue weighted by Gasteiger charge is 2.19.